The summed E-state index contributed by atoms with van der Waals surface area (Å²) in [5.74, 6) is 0. The third-order valence-electron chi connectivity index (χ3n) is 0.422. The van der Waals surface area contributed by atoms with Gasteiger partial charge in [-0.2, -0.15) is 0 Å². The van der Waals surface area contributed by atoms with E-state index in [1.165, 1.54) is 0 Å². The van der Waals surface area contributed by atoms with Gasteiger partial charge in [-0.15, -0.1) is 0 Å². The molecule has 0 aromatic heterocycles. The topological polar surface area (TPSA) is 26.3 Å². The molecule has 0 N–H and O–H groups in total. The van der Waals surface area contributed by atoms with Crippen LogP contribution in [0.25, 0.3) is 0 Å². The van der Waals surface area contributed by atoms with E-state index >= 15 is 0 Å². The van der Waals surface area contributed by atoms with E-state index in [1.807, 2.05) is 0 Å². The Labute approximate surface area is 71.4 Å². The molecule has 44 valence electrons. The molecule has 0 bridgehead atoms. The molecule has 0 amide bonds. The summed E-state index contributed by atoms with van der Waals surface area (Å²) >= 11 is 0. The molecule has 2 nitrogen and oxygen atoms in total. The number of rotatable bonds is 4. The number of alkyl halides is 1. The fraction of sp³-hybridized carbons (Fsp3) is 1.00. The van der Waals surface area contributed by atoms with E-state index in [4.69, 9.17) is 0 Å². The second-order valence-electron chi connectivity index (χ2n) is 0.950. The van der Waals surface area contributed by atoms with Crippen LogP contribution in [0.3, 0.4) is 0 Å². The predicted molar refractivity (Wildman–Crippen MR) is 31.3 cm³/mol. The van der Waals surface area contributed by atoms with Crippen LogP contribution >= 0.6 is 8.69 Å². The molecule has 0 aliphatic rings. The van der Waals surface area contributed by atoms with Gasteiger partial charge in [0.25, 0.3) is 0 Å². The monoisotopic (exact) mass is 148 g/mol. The molecule has 0 saturated heterocycles. The van der Waals surface area contributed by atoms with Gasteiger partial charge in [0.05, 0.1) is 13.3 Å². The molecule has 0 rings (SSSR count). The Bertz CT molecular complexity index is 54.5. The Morgan fingerprint density at radius 2 is 2.25 bits per heavy atom. The van der Waals surface area contributed by atoms with Crippen LogP contribution in [0.4, 0.5) is 4.39 Å². The van der Waals surface area contributed by atoms with Gasteiger partial charge in [0.15, 0.2) is 0 Å². The van der Waals surface area contributed by atoms with Crippen molar-refractivity contribution in [3.05, 3.63) is 0 Å². The molecule has 0 unspecified atom stereocenters. The van der Waals surface area contributed by atoms with Crippen molar-refractivity contribution in [3.63, 3.8) is 0 Å². The summed E-state index contributed by atoms with van der Waals surface area (Å²) in [6.07, 6.45) is 0.329. The Kier molecular flexibility index (Phi) is 16.0. The van der Waals surface area contributed by atoms with E-state index in [-0.39, 0.29) is 44.9 Å². The van der Waals surface area contributed by atoms with Crippen LogP contribution in [0.15, 0.2) is 0 Å². The molecular formula is C3H7FNaO2P. The predicted octanol–water partition coefficient (Wildman–Crippen LogP) is 0.921. The Balaban J connectivity index is 0. The number of hydrogen-bond acceptors (Lipinski definition) is 2. The summed E-state index contributed by atoms with van der Waals surface area (Å²) in [7, 11) is -0.362. The van der Waals surface area contributed by atoms with E-state index in [0.717, 1.165) is 0 Å². The molecule has 0 radical (unpaired) electrons. The fourth-order valence-electron chi connectivity index (χ4n) is 0.156. The standard InChI is InChI=1S/C3H6FO2P.Na.H/c4-2-1-3-6-7-5;;/h1-3H2;;. The summed E-state index contributed by atoms with van der Waals surface area (Å²) in [5, 5.41) is 0. The van der Waals surface area contributed by atoms with Gasteiger partial charge in [0, 0.05) is 6.42 Å². The quantitative estimate of drug-likeness (QED) is 0.336. The first-order valence-corrected chi connectivity index (χ1v) is 2.65. The summed E-state index contributed by atoms with van der Waals surface area (Å²) < 4.78 is 24.8. The van der Waals surface area contributed by atoms with Crippen molar-refractivity contribution in [2.75, 3.05) is 13.3 Å². The van der Waals surface area contributed by atoms with Crippen molar-refractivity contribution < 1.29 is 13.5 Å². The normalized spacial score (nSPS) is 8.62. The van der Waals surface area contributed by atoms with Gasteiger partial charge in [-0.3, -0.25) is 8.91 Å². The van der Waals surface area contributed by atoms with E-state index in [0.29, 0.717) is 6.42 Å². The fourth-order valence-corrected chi connectivity index (χ4v) is 0.360. The molecule has 0 aromatic rings. The molecule has 0 spiro atoms. The van der Waals surface area contributed by atoms with Crippen molar-refractivity contribution >= 4 is 38.2 Å². The van der Waals surface area contributed by atoms with Crippen LogP contribution in [0.2, 0.25) is 0 Å². The van der Waals surface area contributed by atoms with Crippen LogP contribution in [0.5, 0.6) is 0 Å². The van der Waals surface area contributed by atoms with Crippen molar-refractivity contribution in [3.8, 4) is 0 Å². The van der Waals surface area contributed by atoms with E-state index < -0.39 is 6.67 Å². The van der Waals surface area contributed by atoms with Gasteiger partial charge < -0.3 is 0 Å². The van der Waals surface area contributed by atoms with Crippen LogP contribution in [-0.4, -0.2) is 42.8 Å². The zero-order chi connectivity index (χ0) is 5.54. The summed E-state index contributed by atoms with van der Waals surface area (Å²) in [5.41, 5.74) is 0. The summed E-state index contributed by atoms with van der Waals surface area (Å²) in [4.78, 5) is 0. The molecule has 0 aliphatic carbocycles. The van der Waals surface area contributed by atoms with Crippen molar-refractivity contribution in [1.29, 1.82) is 0 Å². The average molecular weight is 148 g/mol. The Morgan fingerprint density at radius 1 is 1.62 bits per heavy atom. The van der Waals surface area contributed by atoms with Gasteiger partial charge in [-0.1, -0.05) is 0 Å². The summed E-state index contributed by atoms with van der Waals surface area (Å²) in [6.45, 7) is -0.170. The molecule has 0 saturated carbocycles. The van der Waals surface area contributed by atoms with Crippen molar-refractivity contribution in [2.45, 2.75) is 6.42 Å². The SMILES string of the molecule is O=POCCCF.[NaH]. The maximum absolute atomic E-state index is 11.1. The van der Waals surface area contributed by atoms with Gasteiger partial charge >= 0.3 is 38.2 Å². The van der Waals surface area contributed by atoms with Gasteiger partial charge in [-0.25, -0.2) is 4.57 Å². The van der Waals surface area contributed by atoms with Gasteiger partial charge in [-0.05, 0) is 0 Å². The second kappa shape index (κ2) is 10.9. The number of hydrogen-bond donors (Lipinski definition) is 0. The minimum absolute atomic E-state index is 0. The van der Waals surface area contributed by atoms with Crippen LogP contribution < -0.4 is 0 Å². The van der Waals surface area contributed by atoms with Gasteiger partial charge in [0.2, 0.25) is 0 Å². The average Bonchev–Trinajstić information content (AvgIpc) is 1.69. The minimum atomic E-state index is -0.407. The third-order valence-corrected chi connectivity index (χ3v) is 0.710. The first-order valence-electron chi connectivity index (χ1n) is 1.92. The summed E-state index contributed by atoms with van der Waals surface area (Å²) in [6, 6.07) is 0. The van der Waals surface area contributed by atoms with E-state index in [1.54, 1.807) is 0 Å². The molecule has 0 fully saturated rings. The Hall–Kier alpha value is 0.990. The zero-order valence-corrected chi connectivity index (χ0v) is 4.66. The van der Waals surface area contributed by atoms with Crippen LogP contribution in [0.1, 0.15) is 6.42 Å². The van der Waals surface area contributed by atoms with Crippen LogP contribution in [0, 0.1) is 0 Å². The molecule has 5 heteroatoms. The first kappa shape index (κ1) is 11.7. The maximum atomic E-state index is 11.1. The van der Waals surface area contributed by atoms with Crippen LogP contribution in [-0.2, 0) is 9.09 Å². The Morgan fingerprint density at radius 3 is 2.62 bits per heavy atom. The third kappa shape index (κ3) is 10.1. The number of halogens is 1. The molecule has 0 atom stereocenters. The molecule has 8 heavy (non-hydrogen) atoms. The van der Waals surface area contributed by atoms with Gasteiger partial charge in [0.1, 0.15) is 0 Å². The second-order valence-corrected chi connectivity index (χ2v) is 1.36. The van der Waals surface area contributed by atoms with Crippen molar-refractivity contribution in [1.82, 2.24) is 0 Å². The molecule has 0 heterocycles. The van der Waals surface area contributed by atoms with Crippen molar-refractivity contribution in [2.24, 2.45) is 0 Å². The zero-order valence-electron chi connectivity index (χ0n) is 3.76. The molecular weight excluding hydrogens is 141 g/mol. The first-order chi connectivity index (χ1) is 3.41. The van der Waals surface area contributed by atoms with E-state index in [9.17, 15) is 8.96 Å². The van der Waals surface area contributed by atoms with E-state index in [2.05, 4.69) is 4.52 Å². The molecule has 0 aliphatic heterocycles. The molecule has 0 aromatic carbocycles.